The zero-order valence-electron chi connectivity index (χ0n) is 16.5. The van der Waals surface area contributed by atoms with E-state index >= 15 is 0 Å². The van der Waals surface area contributed by atoms with E-state index in [4.69, 9.17) is 11.6 Å². The fourth-order valence-corrected chi connectivity index (χ4v) is 5.87. The van der Waals surface area contributed by atoms with Crippen molar-refractivity contribution in [1.82, 2.24) is 4.90 Å². The molecule has 158 valence electrons. The third-order valence-electron chi connectivity index (χ3n) is 5.43. The fourth-order valence-electron chi connectivity index (χ4n) is 3.88. The monoisotopic (exact) mass is 447 g/mol. The molecule has 2 amide bonds. The first-order valence-corrected chi connectivity index (χ1v) is 11.7. The highest BCUT2D eigenvalue weighted by Crippen LogP contribution is 2.29. The lowest BCUT2D eigenvalue weighted by atomic mass is 10.1. The van der Waals surface area contributed by atoms with E-state index in [0.29, 0.717) is 36.8 Å². The molecule has 0 aliphatic carbocycles. The Labute approximate surface area is 180 Å². The van der Waals surface area contributed by atoms with Gasteiger partial charge in [-0.3, -0.25) is 9.59 Å². The number of carbonyl (C=O) groups is 2. The van der Waals surface area contributed by atoms with E-state index in [-0.39, 0.29) is 17.3 Å². The molecule has 1 unspecified atom stereocenters. The second-order valence-corrected chi connectivity index (χ2v) is 9.89. The summed E-state index contributed by atoms with van der Waals surface area (Å²) in [6.07, 6.45) is 0. The van der Waals surface area contributed by atoms with E-state index in [0.717, 1.165) is 9.99 Å². The van der Waals surface area contributed by atoms with Crippen LogP contribution >= 0.6 is 11.6 Å². The van der Waals surface area contributed by atoms with Crippen molar-refractivity contribution in [2.24, 2.45) is 5.92 Å². The van der Waals surface area contributed by atoms with Gasteiger partial charge in [0.25, 0.3) is 5.91 Å². The van der Waals surface area contributed by atoms with E-state index in [9.17, 15) is 18.0 Å². The first kappa shape index (κ1) is 20.7. The molecule has 9 heteroatoms. The smallest absolute Gasteiger partial charge is 0.254 e. The summed E-state index contributed by atoms with van der Waals surface area (Å²) in [5.41, 5.74) is 1.60. The first-order valence-electron chi connectivity index (χ1n) is 9.73. The van der Waals surface area contributed by atoms with Crippen LogP contribution in [-0.2, 0) is 14.8 Å². The molecule has 0 N–H and O–H groups in total. The highest BCUT2D eigenvalue weighted by molar-refractivity contribution is 7.94. The van der Waals surface area contributed by atoms with Crippen molar-refractivity contribution >= 4 is 44.8 Å². The number of carbonyl (C=O) groups excluding carboxylic acids is 2. The standard InChI is InChI=1S/C21H22ClN3O4S/c1-15-14-30(28,29)25(20(15)26)19-7-2-4-16(12-19)21(27)24-10-8-23(9-11-24)18-6-3-5-17(22)13-18/h2-7,12-13,15H,8-11,14H2,1H3. The van der Waals surface area contributed by atoms with Crippen molar-refractivity contribution < 1.29 is 18.0 Å². The summed E-state index contributed by atoms with van der Waals surface area (Å²) in [6, 6.07) is 13.9. The molecule has 2 aromatic rings. The quantitative estimate of drug-likeness (QED) is 0.722. The van der Waals surface area contributed by atoms with Gasteiger partial charge in [0.1, 0.15) is 0 Å². The second kappa shape index (κ2) is 7.92. The predicted octanol–water partition coefficient (Wildman–Crippen LogP) is 2.61. The van der Waals surface area contributed by atoms with Gasteiger partial charge in [-0.1, -0.05) is 30.7 Å². The Bertz CT molecular complexity index is 1100. The molecule has 2 aliphatic heterocycles. The summed E-state index contributed by atoms with van der Waals surface area (Å²) < 4.78 is 25.5. The van der Waals surface area contributed by atoms with Crippen LogP contribution in [0.4, 0.5) is 11.4 Å². The van der Waals surface area contributed by atoms with Crippen molar-refractivity contribution in [3.05, 3.63) is 59.1 Å². The number of hydrogen-bond acceptors (Lipinski definition) is 5. The van der Waals surface area contributed by atoms with Crippen LogP contribution in [0.25, 0.3) is 0 Å². The highest BCUT2D eigenvalue weighted by Gasteiger charge is 2.42. The zero-order valence-corrected chi connectivity index (χ0v) is 18.1. The molecule has 2 aliphatic rings. The predicted molar refractivity (Wildman–Crippen MR) is 116 cm³/mol. The van der Waals surface area contributed by atoms with Crippen LogP contribution in [0.3, 0.4) is 0 Å². The number of anilines is 2. The topological polar surface area (TPSA) is 78.0 Å². The molecule has 2 heterocycles. The van der Waals surface area contributed by atoms with Crippen LogP contribution in [0.2, 0.25) is 5.02 Å². The van der Waals surface area contributed by atoms with Gasteiger partial charge in [0.15, 0.2) is 0 Å². The van der Waals surface area contributed by atoms with Gasteiger partial charge < -0.3 is 9.80 Å². The SMILES string of the molecule is CC1CS(=O)(=O)N(c2cccc(C(=O)N3CCN(c4cccc(Cl)c4)CC3)c2)C1=O. The summed E-state index contributed by atoms with van der Waals surface area (Å²) in [7, 11) is -3.71. The van der Waals surface area contributed by atoms with Gasteiger partial charge in [-0.25, -0.2) is 12.7 Å². The maximum atomic E-state index is 13.0. The molecule has 2 fully saturated rings. The number of halogens is 1. The molecule has 0 bridgehead atoms. The highest BCUT2D eigenvalue weighted by atomic mass is 35.5. The molecule has 0 spiro atoms. The normalized spacial score (nSPS) is 21.2. The van der Waals surface area contributed by atoms with E-state index in [2.05, 4.69) is 4.90 Å². The lowest BCUT2D eigenvalue weighted by Gasteiger charge is -2.36. The van der Waals surface area contributed by atoms with Gasteiger partial charge in [0.05, 0.1) is 17.4 Å². The van der Waals surface area contributed by atoms with Crippen molar-refractivity contribution in [3.63, 3.8) is 0 Å². The Morgan fingerprint density at radius 1 is 1.00 bits per heavy atom. The third-order valence-corrected chi connectivity index (χ3v) is 7.53. The van der Waals surface area contributed by atoms with Gasteiger partial charge in [0, 0.05) is 42.5 Å². The Morgan fingerprint density at radius 3 is 2.30 bits per heavy atom. The van der Waals surface area contributed by atoms with Crippen LogP contribution < -0.4 is 9.21 Å². The lowest BCUT2D eigenvalue weighted by molar-refractivity contribution is -0.119. The molecule has 0 radical (unpaired) electrons. The van der Waals surface area contributed by atoms with Crippen LogP contribution in [-0.4, -0.2) is 57.1 Å². The fraction of sp³-hybridized carbons (Fsp3) is 0.333. The van der Waals surface area contributed by atoms with Gasteiger partial charge in [0.2, 0.25) is 15.9 Å². The number of benzene rings is 2. The second-order valence-electron chi connectivity index (χ2n) is 7.59. The Hall–Kier alpha value is -2.58. The van der Waals surface area contributed by atoms with E-state index < -0.39 is 21.8 Å². The maximum Gasteiger partial charge on any atom is 0.254 e. The van der Waals surface area contributed by atoms with E-state index in [1.165, 1.54) is 6.07 Å². The van der Waals surface area contributed by atoms with Gasteiger partial charge >= 0.3 is 0 Å². The number of hydrogen-bond donors (Lipinski definition) is 0. The molecule has 7 nitrogen and oxygen atoms in total. The van der Waals surface area contributed by atoms with Gasteiger partial charge in [-0.2, -0.15) is 0 Å². The molecule has 2 saturated heterocycles. The van der Waals surface area contributed by atoms with Crippen molar-refractivity contribution in [1.29, 1.82) is 0 Å². The number of piperazine rings is 1. The minimum atomic E-state index is -3.71. The summed E-state index contributed by atoms with van der Waals surface area (Å²) in [5, 5.41) is 0.670. The van der Waals surface area contributed by atoms with Crippen molar-refractivity contribution in [2.45, 2.75) is 6.92 Å². The lowest BCUT2D eigenvalue weighted by Crippen LogP contribution is -2.48. The Kier molecular flexibility index (Phi) is 5.46. The summed E-state index contributed by atoms with van der Waals surface area (Å²) >= 11 is 6.07. The maximum absolute atomic E-state index is 13.0. The van der Waals surface area contributed by atoms with E-state index in [1.807, 2.05) is 24.3 Å². The molecule has 1 atom stereocenters. The number of rotatable bonds is 3. The molecule has 2 aromatic carbocycles. The Balaban J connectivity index is 1.49. The molecule has 0 saturated carbocycles. The molecular weight excluding hydrogens is 426 g/mol. The zero-order chi connectivity index (χ0) is 21.5. The van der Waals surface area contributed by atoms with Crippen LogP contribution in [0, 0.1) is 5.92 Å². The van der Waals surface area contributed by atoms with Gasteiger partial charge in [-0.05, 0) is 36.4 Å². The summed E-state index contributed by atoms with van der Waals surface area (Å²) in [4.78, 5) is 29.2. The Morgan fingerprint density at radius 2 is 1.67 bits per heavy atom. The largest absolute Gasteiger partial charge is 0.368 e. The number of amides is 2. The number of sulfonamides is 1. The van der Waals surface area contributed by atoms with Gasteiger partial charge in [-0.15, -0.1) is 0 Å². The van der Waals surface area contributed by atoms with E-state index in [1.54, 1.807) is 30.0 Å². The first-order chi connectivity index (χ1) is 14.3. The molecule has 30 heavy (non-hydrogen) atoms. The molecular formula is C21H22ClN3O4S. The molecule has 4 rings (SSSR count). The van der Waals surface area contributed by atoms with Crippen LogP contribution in [0.15, 0.2) is 48.5 Å². The minimum Gasteiger partial charge on any atom is -0.368 e. The molecule has 0 aromatic heterocycles. The summed E-state index contributed by atoms with van der Waals surface area (Å²) in [5.74, 6) is -1.45. The van der Waals surface area contributed by atoms with Crippen molar-refractivity contribution in [3.8, 4) is 0 Å². The van der Waals surface area contributed by atoms with Crippen LogP contribution in [0.1, 0.15) is 17.3 Å². The minimum absolute atomic E-state index is 0.181. The average Bonchev–Trinajstić information content (AvgIpc) is 2.94. The average molecular weight is 448 g/mol. The third kappa shape index (κ3) is 3.89. The summed E-state index contributed by atoms with van der Waals surface area (Å²) in [6.45, 7) is 4.00. The van der Waals surface area contributed by atoms with Crippen LogP contribution in [0.5, 0.6) is 0 Å². The van der Waals surface area contributed by atoms with Crippen molar-refractivity contribution in [2.75, 3.05) is 41.1 Å². The number of nitrogens with zero attached hydrogens (tertiary/aromatic N) is 3.